The standard InChI is InChI=1S/C8H8FNO3/c1-2-13-8(11)7(9)3-6-4-12-5-10-6/h3-5H,2H2,1H3/b7-3-. The Balaban J connectivity index is 2.66. The summed E-state index contributed by atoms with van der Waals surface area (Å²) in [4.78, 5) is 14.4. The quantitative estimate of drug-likeness (QED) is 0.529. The van der Waals surface area contributed by atoms with Crippen molar-refractivity contribution < 1.29 is 18.3 Å². The van der Waals surface area contributed by atoms with Crippen LogP contribution in [0, 0.1) is 0 Å². The van der Waals surface area contributed by atoms with E-state index in [-0.39, 0.29) is 12.3 Å². The largest absolute Gasteiger partial charge is 0.461 e. The molecule has 0 bridgehead atoms. The van der Waals surface area contributed by atoms with Gasteiger partial charge in [-0.1, -0.05) is 0 Å². The van der Waals surface area contributed by atoms with E-state index in [0.717, 1.165) is 12.5 Å². The molecule has 0 fully saturated rings. The van der Waals surface area contributed by atoms with Crippen LogP contribution in [0.1, 0.15) is 12.6 Å². The number of carbonyl (C=O) groups is 1. The van der Waals surface area contributed by atoms with Gasteiger partial charge < -0.3 is 9.15 Å². The van der Waals surface area contributed by atoms with Gasteiger partial charge in [-0.25, -0.2) is 9.78 Å². The molecule has 0 radical (unpaired) electrons. The number of esters is 1. The number of hydrogen-bond donors (Lipinski definition) is 0. The van der Waals surface area contributed by atoms with Crippen molar-refractivity contribution in [2.45, 2.75) is 6.92 Å². The van der Waals surface area contributed by atoms with Crippen LogP contribution in [0.2, 0.25) is 0 Å². The maximum atomic E-state index is 12.9. The second-order valence-electron chi connectivity index (χ2n) is 2.13. The van der Waals surface area contributed by atoms with E-state index in [0.29, 0.717) is 0 Å². The molecule has 0 aliphatic carbocycles. The predicted molar refractivity (Wildman–Crippen MR) is 42.2 cm³/mol. The molecule has 13 heavy (non-hydrogen) atoms. The third-order valence-corrected chi connectivity index (χ3v) is 1.20. The minimum atomic E-state index is -0.995. The molecule has 0 unspecified atom stereocenters. The summed E-state index contributed by atoms with van der Waals surface area (Å²) in [6.07, 6.45) is 3.31. The van der Waals surface area contributed by atoms with Crippen LogP contribution < -0.4 is 0 Å². The summed E-state index contributed by atoms with van der Waals surface area (Å²) in [5.41, 5.74) is 0.241. The van der Waals surface area contributed by atoms with Gasteiger partial charge in [-0.2, -0.15) is 4.39 Å². The maximum Gasteiger partial charge on any atom is 0.367 e. The van der Waals surface area contributed by atoms with Crippen LogP contribution in [0.5, 0.6) is 0 Å². The smallest absolute Gasteiger partial charge is 0.367 e. The first-order chi connectivity index (χ1) is 6.24. The highest BCUT2D eigenvalue weighted by Crippen LogP contribution is 2.06. The number of aromatic nitrogens is 1. The number of oxazole rings is 1. The van der Waals surface area contributed by atoms with Crippen LogP contribution in [0.3, 0.4) is 0 Å². The molecule has 0 aliphatic rings. The Morgan fingerprint density at radius 1 is 1.85 bits per heavy atom. The van der Waals surface area contributed by atoms with Crippen LogP contribution in [0.15, 0.2) is 22.9 Å². The first-order valence-electron chi connectivity index (χ1n) is 3.66. The molecule has 5 heteroatoms. The van der Waals surface area contributed by atoms with Gasteiger partial charge in [0, 0.05) is 6.08 Å². The van der Waals surface area contributed by atoms with Crippen LogP contribution in [-0.4, -0.2) is 17.6 Å². The first kappa shape index (κ1) is 9.44. The van der Waals surface area contributed by atoms with Crippen molar-refractivity contribution in [3.05, 3.63) is 24.2 Å². The zero-order chi connectivity index (χ0) is 9.68. The average molecular weight is 185 g/mol. The number of nitrogens with zero attached hydrogens (tertiary/aromatic N) is 1. The van der Waals surface area contributed by atoms with E-state index in [1.807, 2.05) is 0 Å². The van der Waals surface area contributed by atoms with Crippen molar-refractivity contribution in [1.82, 2.24) is 4.98 Å². The molecule has 4 nitrogen and oxygen atoms in total. The molecule has 1 heterocycles. The van der Waals surface area contributed by atoms with Gasteiger partial charge in [0.2, 0.25) is 5.83 Å². The van der Waals surface area contributed by atoms with E-state index in [1.54, 1.807) is 6.92 Å². The zero-order valence-corrected chi connectivity index (χ0v) is 6.99. The van der Waals surface area contributed by atoms with Gasteiger partial charge in [0.1, 0.15) is 12.0 Å². The lowest BCUT2D eigenvalue weighted by molar-refractivity contribution is -0.140. The Morgan fingerprint density at radius 3 is 3.15 bits per heavy atom. The van der Waals surface area contributed by atoms with Crippen molar-refractivity contribution in [2.24, 2.45) is 0 Å². The number of carbonyl (C=O) groups excluding carboxylic acids is 1. The van der Waals surface area contributed by atoms with E-state index in [4.69, 9.17) is 0 Å². The van der Waals surface area contributed by atoms with Gasteiger partial charge in [-0.05, 0) is 6.92 Å². The maximum absolute atomic E-state index is 12.9. The fourth-order valence-electron chi connectivity index (χ4n) is 0.682. The lowest BCUT2D eigenvalue weighted by Gasteiger charge is -1.96. The average Bonchev–Trinajstić information content (AvgIpc) is 2.57. The van der Waals surface area contributed by atoms with Crippen molar-refractivity contribution in [3.63, 3.8) is 0 Å². The minimum Gasteiger partial charge on any atom is -0.461 e. The Morgan fingerprint density at radius 2 is 2.62 bits per heavy atom. The summed E-state index contributed by atoms with van der Waals surface area (Å²) in [7, 11) is 0. The molecule has 0 saturated carbocycles. The molecular weight excluding hydrogens is 177 g/mol. The lowest BCUT2D eigenvalue weighted by atomic mass is 10.4. The van der Waals surface area contributed by atoms with Gasteiger partial charge in [0.05, 0.1) is 6.61 Å². The fraction of sp³-hybridized carbons (Fsp3) is 0.250. The van der Waals surface area contributed by atoms with Crippen LogP contribution in [-0.2, 0) is 9.53 Å². The molecule has 0 spiro atoms. The fourth-order valence-corrected chi connectivity index (χ4v) is 0.682. The van der Waals surface area contributed by atoms with Gasteiger partial charge in [0.15, 0.2) is 6.39 Å². The Kier molecular flexibility index (Phi) is 3.19. The Hall–Kier alpha value is -1.65. The number of halogens is 1. The second kappa shape index (κ2) is 4.39. The van der Waals surface area contributed by atoms with E-state index >= 15 is 0 Å². The molecule has 0 atom stereocenters. The Labute approximate surface area is 74.0 Å². The molecular formula is C8H8FNO3. The van der Waals surface area contributed by atoms with Crippen molar-refractivity contribution in [1.29, 1.82) is 0 Å². The molecule has 0 amide bonds. The highest BCUT2D eigenvalue weighted by molar-refractivity contribution is 5.90. The number of ether oxygens (including phenoxy) is 1. The molecule has 70 valence electrons. The van der Waals surface area contributed by atoms with Gasteiger partial charge >= 0.3 is 5.97 Å². The Bertz CT molecular complexity index is 305. The van der Waals surface area contributed by atoms with Crippen LogP contribution in [0.25, 0.3) is 6.08 Å². The molecule has 0 saturated heterocycles. The van der Waals surface area contributed by atoms with Crippen molar-refractivity contribution >= 4 is 12.0 Å². The highest BCUT2D eigenvalue weighted by Gasteiger charge is 2.09. The van der Waals surface area contributed by atoms with Crippen molar-refractivity contribution in [2.75, 3.05) is 6.61 Å². The summed E-state index contributed by atoms with van der Waals surface area (Å²) in [5.74, 6) is -1.98. The van der Waals surface area contributed by atoms with E-state index < -0.39 is 11.8 Å². The number of rotatable bonds is 3. The zero-order valence-electron chi connectivity index (χ0n) is 6.99. The van der Waals surface area contributed by atoms with E-state index in [1.165, 1.54) is 6.26 Å². The van der Waals surface area contributed by atoms with Gasteiger partial charge in [-0.15, -0.1) is 0 Å². The molecule has 0 aliphatic heterocycles. The molecule has 1 aromatic rings. The molecule has 0 aromatic carbocycles. The SMILES string of the molecule is CCOC(=O)/C(F)=C/c1cocn1. The monoisotopic (exact) mass is 185 g/mol. The molecule has 1 rings (SSSR count). The third kappa shape index (κ3) is 2.70. The summed E-state index contributed by atoms with van der Waals surface area (Å²) in [6.45, 7) is 1.74. The number of hydrogen-bond acceptors (Lipinski definition) is 4. The molecule has 1 aromatic heterocycles. The van der Waals surface area contributed by atoms with E-state index in [2.05, 4.69) is 14.1 Å². The van der Waals surface area contributed by atoms with Gasteiger partial charge in [-0.3, -0.25) is 0 Å². The summed E-state index contributed by atoms with van der Waals surface area (Å²) in [5, 5.41) is 0. The van der Waals surface area contributed by atoms with Crippen LogP contribution in [0.4, 0.5) is 4.39 Å². The summed E-state index contributed by atoms with van der Waals surface area (Å²) < 4.78 is 21.8. The topological polar surface area (TPSA) is 52.3 Å². The summed E-state index contributed by atoms with van der Waals surface area (Å²) >= 11 is 0. The lowest BCUT2D eigenvalue weighted by Crippen LogP contribution is -2.03. The van der Waals surface area contributed by atoms with E-state index in [9.17, 15) is 9.18 Å². The van der Waals surface area contributed by atoms with Crippen LogP contribution >= 0.6 is 0 Å². The third-order valence-electron chi connectivity index (χ3n) is 1.20. The normalized spacial score (nSPS) is 11.4. The second-order valence-corrected chi connectivity index (χ2v) is 2.13. The predicted octanol–water partition coefficient (Wildman–Crippen LogP) is 1.55. The first-order valence-corrected chi connectivity index (χ1v) is 3.66. The van der Waals surface area contributed by atoms with Crippen molar-refractivity contribution in [3.8, 4) is 0 Å². The highest BCUT2D eigenvalue weighted by atomic mass is 19.1. The summed E-state index contributed by atoms with van der Waals surface area (Å²) in [6, 6.07) is 0. The minimum absolute atomic E-state index is 0.138. The molecule has 0 N–H and O–H groups in total. The van der Waals surface area contributed by atoms with Gasteiger partial charge in [0.25, 0.3) is 0 Å².